The number of hydrogen-bond donors (Lipinski definition) is 2. The van der Waals surface area contributed by atoms with Crippen molar-refractivity contribution in [2.45, 2.75) is 13.0 Å². The van der Waals surface area contributed by atoms with E-state index in [2.05, 4.69) is 5.32 Å². The molecule has 1 aromatic carbocycles. The van der Waals surface area contributed by atoms with Crippen molar-refractivity contribution in [2.75, 3.05) is 12.3 Å². The fourth-order valence-corrected chi connectivity index (χ4v) is 2.00. The first kappa shape index (κ1) is 15.9. The minimum Gasteiger partial charge on any atom is -0.467 e. The number of nitrogens with two attached hydrogens (primary N) is 1. The maximum absolute atomic E-state index is 11.9. The molecule has 0 aliphatic heterocycles. The van der Waals surface area contributed by atoms with E-state index in [0.717, 1.165) is 0 Å². The largest absolute Gasteiger partial charge is 0.467 e. The topological polar surface area (TPSA) is 94.6 Å². The van der Waals surface area contributed by atoms with Crippen LogP contribution in [-0.2, 0) is 9.53 Å². The predicted octanol–water partition coefficient (Wildman–Crippen LogP) is 2.55. The van der Waals surface area contributed by atoms with Gasteiger partial charge in [-0.3, -0.25) is 4.79 Å². The molecule has 3 N–H and O–H groups in total. The van der Waals surface area contributed by atoms with Gasteiger partial charge in [0.25, 0.3) is 5.91 Å². The van der Waals surface area contributed by atoms with Crippen molar-refractivity contribution in [1.82, 2.24) is 5.32 Å². The molecule has 1 aromatic heterocycles. The number of rotatable bonds is 5. The molecular formula is C15H15ClN2O4. The van der Waals surface area contributed by atoms with Gasteiger partial charge in [-0.05, 0) is 37.3 Å². The fraction of sp³-hybridized carbons (Fsp3) is 0.200. The number of benzene rings is 1. The number of hydrogen-bond acceptors (Lipinski definition) is 5. The van der Waals surface area contributed by atoms with Crippen LogP contribution >= 0.6 is 11.6 Å². The summed E-state index contributed by atoms with van der Waals surface area (Å²) in [4.78, 5) is 23.6. The minimum atomic E-state index is -0.685. The lowest BCUT2D eigenvalue weighted by Crippen LogP contribution is -2.31. The molecule has 22 heavy (non-hydrogen) atoms. The van der Waals surface area contributed by atoms with Gasteiger partial charge in [-0.2, -0.15) is 0 Å². The number of ether oxygens (including phenoxy) is 1. The van der Waals surface area contributed by atoms with Gasteiger partial charge in [0.15, 0.2) is 6.61 Å². The average Bonchev–Trinajstić information content (AvgIpc) is 2.99. The lowest BCUT2D eigenvalue weighted by molar-refractivity contribution is -0.125. The van der Waals surface area contributed by atoms with Gasteiger partial charge >= 0.3 is 5.97 Å². The SMILES string of the molecule is C[C@@H](NC(=O)COC(=O)c1ccc(Cl)cc1N)c1ccco1. The van der Waals surface area contributed by atoms with Gasteiger partial charge in [0, 0.05) is 10.7 Å². The summed E-state index contributed by atoms with van der Waals surface area (Å²) in [5, 5.41) is 3.07. The van der Waals surface area contributed by atoms with Crippen LogP contribution in [0.25, 0.3) is 0 Å². The van der Waals surface area contributed by atoms with Gasteiger partial charge in [-0.1, -0.05) is 11.6 Å². The molecule has 7 heteroatoms. The average molecular weight is 323 g/mol. The van der Waals surface area contributed by atoms with E-state index in [1.807, 2.05) is 0 Å². The zero-order valence-electron chi connectivity index (χ0n) is 11.8. The van der Waals surface area contributed by atoms with Crippen molar-refractivity contribution in [2.24, 2.45) is 0 Å². The Morgan fingerprint density at radius 1 is 1.41 bits per heavy atom. The first-order chi connectivity index (χ1) is 10.5. The molecule has 0 bridgehead atoms. The molecule has 1 atom stereocenters. The summed E-state index contributed by atoms with van der Waals surface area (Å²) >= 11 is 5.75. The van der Waals surface area contributed by atoms with Gasteiger partial charge in [-0.25, -0.2) is 4.79 Å². The van der Waals surface area contributed by atoms with Crippen molar-refractivity contribution in [3.05, 3.63) is 52.9 Å². The number of amides is 1. The zero-order chi connectivity index (χ0) is 16.1. The molecule has 1 heterocycles. The number of carbonyl (C=O) groups excluding carboxylic acids is 2. The van der Waals surface area contributed by atoms with Crippen LogP contribution in [-0.4, -0.2) is 18.5 Å². The van der Waals surface area contributed by atoms with Crippen molar-refractivity contribution >= 4 is 29.2 Å². The third-order valence-corrected chi connectivity index (χ3v) is 3.15. The summed E-state index contributed by atoms with van der Waals surface area (Å²) in [7, 11) is 0. The molecule has 116 valence electrons. The first-order valence-corrected chi connectivity index (χ1v) is 6.90. The number of esters is 1. The fourth-order valence-electron chi connectivity index (χ4n) is 1.82. The van der Waals surface area contributed by atoms with E-state index in [-0.39, 0.29) is 17.3 Å². The Kier molecular flexibility index (Phi) is 5.06. The van der Waals surface area contributed by atoms with E-state index in [0.29, 0.717) is 10.8 Å². The van der Waals surface area contributed by atoms with Gasteiger partial charge in [0.05, 0.1) is 17.9 Å². The number of nitrogens with one attached hydrogen (secondary N) is 1. The van der Waals surface area contributed by atoms with E-state index < -0.39 is 18.5 Å². The molecular weight excluding hydrogens is 308 g/mol. The monoisotopic (exact) mass is 322 g/mol. The highest BCUT2D eigenvalue weighted by atomic mass is 35.5. The second-order valence-corrected chi connectivity index (χ2v) is 5.05. The van der Waals surface area contributed by atoms with E-state index in [1.54, 1.807) is 19.1 Å². The quantitative estimate of drug-likeness (QED) is 0.651. The van der Waals surface area contributed by atoms with Crippen LogP contribution in [0, 0.1) is 0 Å². The summed E-state index contributed by atoms with van der Waals surface area (Å²) in [5.74, 6) is -0.513. The van der Waals surface area contributed by atoms with Gasteiger partial charge in [-0.15, -0.1) is 0 Å². The third kappa shape index (κ3) is 4.02. The van der Waals surface area contributed by atoms with Gasteiger partial charge in [0.2, 0.25) is 0 Å². The van der Waals surface area contributed by atoms with E-state index >= 15 is 0 Å². The number of carbonyl (C=O) groups is 2. The van der Waals surface area contributed by atoms with Crippen LogP contribution in [0.15, 0.2) is 41.0 Å². The lowest BCUT2D eigenvalue weighted by Gasteiger charge is -2.12. The van der Waals surface area contributed by atoms with Crippen molar-refractivity contribution in [1.29, 1.82) is 0 Å². The highest BCUT2D eigenvalue weighted by molar-refractivity contribution is 6.31. The van der Waals surface area contributed by atoms with Crippen LogP contribution in [0.4, 0.5) is 5.69 Å². The molecule has 0 saturated heterocycles. The number of halogens is 1. The molecule has 2 aromatic rings. The molecule has 0 saturated carbocycles. The molecule has 0 spiro atoms. The molecule has 0 unspecified atom stereocenters. The normalized spacial score (nSPS) is 11.7. The number of anilines is 1. The Bertz CT molecular complexity index is 670. The summed E-state index contributed by atoms with van der Waals surface area (Å²) in [6, 6.07) is 7.56. The van der Waals surface area contributed by atoms with Gasteiger partial charge in [0.1, 0.15) is 5.76 Å². The van der Waals surface area contributed by atoms with Crippen LogP contribution in [0.2, 0.25) is 5.02 Å². The van der Waals surface area contributed by atoms with Crippen LogP contribution < -0.4 is 11.1 Å². The van der Waals surface area contributed by atoms with E-state index in [1.165, 1.54) is 24.5 Å². The number of nitrogen functional groups attached to an aromatic ring is 1. The maximum atomic E-state index is 11.9. The summed E-state index contributed by atoms with van der Waals surface area (Å²) < 4.78 is 10.1. The van der Waals surface area contributed by atoms with Crippen molar-refractivity contribution < 1.29 is 18.7 Å². The summed E-state index contributed by atoms with van der Waals surface area (Å²) in [6.45, 7) is 1.35. The maximum Gasteiger partial charge on any atom is 0.340 e. The van der Waals surface area contributed by atoms with Crippen LogP contribution in [0.1, 0.15) is 29.1 Å². The molecule has 0 radical (unpaired) electrons. The van der Waals surface area contributed by atoms with E-state index in [9.17, 15) is 9.59 Å². The Hall–Kier alpha value is -2.47. The second kappa shape index (κ2) is 7.00. The third-order valence-electron chi connectivity index (χ3n) is 2.92. The predicted molar refractivity (Wildman–Crippen MR) is 81.4 cm³/mol. The Morgan fingerprint density at radius 2 is 2.18 bits per heavy atom. The van der Waals surface area contributed by atoms with Crippen molar-refractivity contribution in [3.8, 4) is 0 Å². The highest BCUT2D eigenvalue weighted by Gasteiger charge is 2.16. The Labute approximate surface area is 132 Å². The molecule has 2 rings (SSSR count). The summed E-state index contributed by atoms with van der Waals surface area (Å²) in [5.41, 5.74) is 6.03. The van der Waals surface area contributed by atoms with Gasteiger partial charge < -0.3 is 20.2 Å². The molecule has 1 amide bonds. The minimum absolute atomic E-state index is 0.163. The molecule has 0 aliphatic carbocycles. The molecule has 0 fully saturated rings. The highest BCUT2D eigenvalue weighted by Crippen LogP contribution is 2.18. The van der Waals surface area contributed by atoms with E-state index in [4.69, 9.17) is 26.5 Å². The summed E-state index contributed by atoms with van der Waals surface area (Å²) in [6.07, 6.45) is 1.52. The second-order valence-electron chi connectivity index (χ2n) is 4.61. The first-order valence-electron chi connectivity index (χ1n) is 6.52. The molecule has 0 aliphatic rings. The number of furan rings is 1. The molecule has 6 nitrogen and oxygen atoms in total. The Balaban J connectivity index is 1.86. The smallest absolute Gasteiger partial charge is 0.340 e. The van der Waals surface area contributed by atoms with Crippen LogP contribution in [0.3, 0.4) is 0 Å². The standard InChI is InChI=1S/C15H15ClN2O4/c1-9(13-3-2-6-21-13)18-14(19)8-22-15(20)11-5-4-10(16)7-12(11)17/h2-7,9H,8,17H2,1H3,(H,18,19)/t9-/m1/s1. The van der Waals surface area contributed by atoms with Crippen LogP contribution in [0.5, 0.6) is 0 Å². The van der Waals surface area contributed by atoms with Crippen molar-refractivity contribution in [3.63, 3.8) is 0 Å². The Morgan fingerprint density at radius 3 is 2.82 bits per heavy atom. The lowest BCUT2D eigenvalue weighted by atomic mass is 10.2. The zero-order valence-corrected chi connectivity index (χ0v) is 12.6.